The average Bonchev–Trinajstić information content (AvgIpc) is 2.73. The summed E-state index contributed by atoms with van der Waals surface area (Å²) in [6.45, 7) is 0. The Balaban J connectivity index is 2.14. The van der Waals surface area contributed by atoms with Crippen molar-refractivity contribution in [1.29, 1.82) is 0 Å². The van der Waals surface area contributed by atoms with Crippen LogP contribution < -0.4 is 9.47 Å². The van der Waals surface area contributed by atoms with E-state index in [4.69, 9.17) is 15.0 Å². The lowest BCUT2D eigenvalue weighted by molar-refractivity contribution is -0.119. The van der Waals surface area contributed by atoms with E-state index in [0.717, 1.165) is 12.2 Å². The van der Waals surface area contributed by atoms with Crippen molar-refractivity contribution in [2.45, 2.75) is 0 Å². The van der Waals surface area contributed by atoms with Gasteiger partial charge in [0.05, 0.1) is 14.2 Å². The summed E-state index contributed by atoms with van der Waals surface area (Å²) in [5.41, 5.74) is 9.46. The topological polar surface area (TPSA) is 129 Å². The Bertz CT molecular complexity index is 972. The molecule has 0 saturated carbocycles. The first kappa shape index (κ1) is 21.1. The largest absolute Gasteiger partial charge is 0.504 e. The zero-order valence-corrected chi connectivity index (χ0v) is 15.7. The number of methoxy groups -OCH3 is 2. The van der Waals surface area contributed by atoms with Crippen LogP contribution >= 0.6 is 0 Å². The number of ether oxygens (including phenoxy) is 2. The second-order valence-electron chi connectivity index (χ2n) is 5.71. The van der Waals surface area contributed by atoms with Gasteiger partial charge in [0.15, 0.2) is 23.0 Å². The van der Waals surface area contributed by atoms with Crippen LogP contribution in [0.2, 0.25) is 0 Å². The zero-order valence-electron chi connectivity index (χ0n) is 15.7. The summed E-state index contributed by atoms with van der Waals surface area (Å²) < 4.78 is 9.95. The summed E-state index contributed by atoms with van der Waals surface area (Å²) in [7, 11) is 2.78. The molecule has 0 aliphatic rings. The Morgan fingerprint density at radius 2 is 1.28 bits per heavy atom. The minimum atomic E-state index is -0.808. The highest BCUT2D eigenvalue weighted by molar-refractivity contribution is 6.68. The lowest BCUT2D eigenvalue weighted by atomic mass is 10.1. The van der Waals surface area contributed by atoms with Crippen LogP contribution in [0.3, 0.4) is 0 Å². The van der Waals surface area contributed by atoms with Crippen LogP contribution in [0, 0.1) is 0 Å². The van der Waals surface area contributed by atoms with Crippen LogP contribution in [0.15, 0.2) is 48.6 Å². The van der Waals surface area contributed by atoms with Gasteiger partial charge >= 0.3 is 5.71 Å². The molecule has 29 heavy (non-hydrogen) atoms. The molecule has 0 radical (unpaired) electrons. The van der Waals surface area contributed by atoms with Crippen molar-refractivity contribution in [2.75, 3.05) is 14.2 Å². The van der Waals surface area contributed by atoms with E-state index in [1.165, 1.54) is 62.8 Å². The summed E-state index contributed by atoms with van der Waals surface area (Å²) >= 11 is 0. The van der Waals surface area contributed by atoms with Gasteiger partial charge in [0, 0.05) is 0 Å². The van der Waals surface area contributed by atoms with Gasteiger partial charge in [-0.05, 0) is 47.5 Å². The van der Waals surface area contributed by atoms with Crippen LogP contribution in [-0.4, -0.2) is 46.5 Å². The van der Waals surface area contributed by atoms with Gasteiger partial charge in [-0.25, -0.2) is 0 Å². The van der Waals surface area contributed by atoms with Crippen molar-refractivity contribution in [3.63, 3.8) is 0 Å². The number of phenols is 2. The molecule has 0 heterocycles. The number of carbonyl (C=O) groups is 2. The third-order valence-electron chi connectivity index (χ3n) is 3.83. The smallest absolute Gasteiger partial charge is 0.408 e. The van der Waals surface area contributed by atoms with Crippen LogP contribution in [0.1, 0.15) is 11.1 Å². The van der Waals surface area contributed by atoms with Crippen LogP contribution in [0.25, 0.3) is 17.7 Å². The highest BCUT2D eigenvalue weighted by Crippen LogP contribution is 2.27. The summed E-state index contributed by atoms with van der Waals surface area (Å²) in [5, 5.41) is 19.1. The Labute approximate surface area is 166 Å². The van der Waals surface area contributed by atoms with E-state index in [1.54, 1.807) is 0 Å². The number of phenolic OH excluding ortho intramolecular Hbond substituents is 2. The fourth-order valence-electron chi connectivity index (χ4n) is 2.32. The second kappa shape index (κ2) is 9.68. The van der Waals surface area contributed by atoms with E-state index in [9.17, 15) is 19.8 Å². The van der Waals surface area contributed by atoms with Gasteiger partial charge in [-0.3, -0.25) is 9.59 Å². The predicted octanol–water partition coefficient (Wildman–Crippen LogP) is 2.65. The lowest BCUT2D eigenvalue weighted by Gasteiger charge is -2.03. The monoisotopic (exact) mass is 394 g/mol. The molecule has 0 amide bonds. The normalized spacial score (nSPS) is 10.7. The van der Waals surface area contributed by atoms with Gasteiger partial charge in [-0.15, -0.1) is 0 Å². The molecular weight excluding hydrogens is 376 g/mol. The van der Waals surface area contributed by atoms with Gasteiger partial charge in [0.2, 0.25) is 0 Å². The van der Waals surface area contributed by atoms with Crippen LogP contribution in [-0.2, 0) is 9.59 Å². The first-order valence-electron chi connectivity index (χ1n) is 8.30. The minimum absolute atomic E-state index is 0.0558. The molecule has 148 valence electrons. The summed E-state index contributed by atoms with van der Waals surface area (Å²) in [6.07, 6.45) is 4.90. The average molecular weight is 394 g/mol. The third kappa shape index (κ3) is 5.41. The molecule has 2 rings (SSSR count). The van der Waals surface area contributed by atoms with Crippen molar-refractivity contribution in [2.24, 2.45) is 0 Å². The zero-order chi connectivity index (χ0) is 21.4. The summed E-state index contributed by atoms with van der Waals surface area (Å²) in [6, 6.07) is 8.85. The Morgan fingerprint density at radius 3 is 1.62 bits per heavy atom. The fourth-order valence-corrected chi connectivity index (χ4v) is 2.32. The lowest BCUT2D eigenvalue weighted by Crippen LogP contribution is -2.21. The second-order valence-corrected chi connectivity index (χ2v) is 5.71. The summed E-state index contributed by atoms with van der Waals surface area (Å²) in [4.78, 5) is 27.2. The number of ketones is 2. The van der Waals surface area contributed by atoms with Crippen molar-refractivity contribution < 1.29 is 34.1 Å². The predicted molar refractivity (Wildman–Crippen MR) is 106 cm³/mol. The van der Waals surface area contributed by atoms with E-state index in [2.05, 4.69) is 4.79 Å². The fraction of sp³-hybridized carbons (Fsp3) is 0.0952. The maximum atomic E-state index is 12.2. The summed E-state index contributed by atoms with van der Waals surface area (Å²) in [5.74, 6) is -1.28. The Hall–Kier alpha value is -4.16. The number of carbonyl (C=O) groups excluding carboxylic acids is 2. The SMILES string of the molecule is COc1cc(C=CC(=O)C(=[N+]=[N-])C(=O)C=Cc2ccc(O)c(OC)c2)ccc1O. The molecule has 2 aromatic carbocycles. The molecule has 8 heteroatoms. The number of nitrogens with zero attached hydrogens (tertiary/aromatic N) is 2. The maximum absolute atomic E-state index is 12.2. The van der Waals surface area contributed by atoms with Gasteiger partial charge in [-0.2, -0.15) is 4.79 Å². The Kier molecular flexibility index (Phi) is 7.06. The quantitative estimate of drug-likeness (QED) is 0.233. The first-order valence-corrected chi connectivity index (χ1v) is 8.30. The molecule has 2 aromatic rings. The number of aromatic hydroxyl groups is 2. The molecule has 2 N–H and O–H groups in total. The van der Waals surface area contributed by atoms with E-state index >= 15 is 0 Å². The molecule has 0 atom stereocenters. The van der Waals surface area contributed by atoms with E-state index in [-0.39, 0.29) is 23.0 Å². The number of hydrogen-bond donors (Lipinski definition) is 2. The molecule has 0 aromatic heterocycles. The van der Waals surface area contributed by atoms with Gasteiger partial charge in [0.25, 0.3) is 11.6 Å². The molecule has 0 fully saturated rings. The highest BCUT2D eigenvalue weighted by Gasteiger charge is 2.24. The van der Waals surface area contributed by atoms with Crippen LogP contribution in [0.4, 0.5) is 0 Å². The standard InChI is InChI=1S/C21H18N2O6/c1-28-19-11-13(3-7-15(19)24)5-9-17(26)21(23-22)18(27)10-6-14-4-8-16(25)20(12-14)29-2/h3-12,24-25H,1-2H3. The van der Waals surface area contributed by atoms with Crippen molar-refractivity contribution in [3.05, 3.63) is 65.2 Å². The van der Waals surface area contributed by atoms with E-state index in [0.29, 0.717) is 11.1 Å². The molecule has 0 bridgehead atoms. The number of benzene rings is 2. The van der Waals surface area contributed by atoms with Crippen molar-refractivity contribution in [1.82, 2.24) is 0 Å². The molecule has 0 spiro atoms. The van der Waals surface area contributed by atoms with E-state index in [1.807, 2.05) is 0 Å². The first-order chi connectivity index (χ1) is 13.9. The number of hydrogen-bond acceptors (Lipinski definition) is 6. The number of rotatable bonds is 8. The minimum Gasteiger partial charge on any atom is -0.504 e. The third-order valence-corrected chi connectivity index (χ3v) is 3.83. The molecule has 8 nitrogen and oxygen atoms in total. The van der Waals surface area contributed by atoms with E-state index < -0.39 is 17.3 Å². The highest BCUT2D eigenvalue weighted by atomic mass is 16.5. The van der Waals surface area contributed by atoms with Crippen molar-refractivity contribution in [3.8, 4) is 23.0 Å². The van der Waals surface area contributed by atoms with Gasteiger partial charge in [-0.1, -0.05) is 24.3 Å². The molecule has 0 saturated heterocycles. The molecule has 0 aliphatic carbocycles. The van der Waals surface area contributed by atoms with Gasteiger partial charge in [0.1, 0.15) is 0 Å². The number of allylic oxidation sites excluding steroid dienone is 2. The Morgan fingerprint density at radius 1 is 0.862 bits per heavy atom. The molecule has 0 aliphatic heterocycles. The van der Waals surface area contributed by atoms with Crippen LogP contribution in [0.5, 0.6) is 23.0 Å². The van der Waals surface area contributed by atoms with Gasteiger partial charge < -0.3 is 25.2 Å². The molecular formula is C21H18N2O6. The molecule has 0 unspecified atom stereocenters. The maximum Gasteiger partial charge on any atom is 0.408 e. The van der Waals surface area contributed by atoms with Crippen molar-refractivity contribution >= 4 is 29.4 Å².